The molecular formula is C21H12F8O2. The average Bonchev–Trinajstić information content (AvgIpc) is 2.69. The van der Waals surface area contributed by atoms with Gasteiger partial charge in [0.05, 0.1) is 11.1 Å². The van der Waals surface area contributed by atoms with Crippen molar-refractivity contribution in [3.05, 3.63) is 82.9 Å². The van der Waals surface area contributed by atoms with Gasteiger partial charge in [-0.15, -0.1) is 0 Å². The standard InChI is InChI=1S/C21H12F8O2/c22-19(23,17(30)11-5-13-1-7-15(8-2-13)20(24,25)26)18(31)12-6-14-3-9-16(10-4-14)21(27,28)29/h1-12H/b11-5+,12-6+. The van der Waals surface area contributed by atoms with Gasteiger partial charge in [-0.2, -0.15) is 35.1 Å². The maximum atomic E-state index is 14.0. The fourth-order valence-corrected chi connectivity index (χ4v) is 2.24. The van der Waals surface area contributed by atoms with Gasteiger partial charge in [0.2, 0.25) is 11.6 Å². The van der Waals surface area contributed by atoms with Crippen LogP contribution in [0.5, 0.6) is 0 Å². The minimum atomic E-state index is -4.59. The van der Waals surface area contributed by atoms with Crippen molar-refractivity contribution < 1.29 is 44.7 Å². The second kappa shape index (κ2) is 8.83. The zero-order chi connectivity index (χ0) is 23.4. The van der Waals surface area contributed by atoms with Crippen LogP contribution in [0.25, 0.3) is 12.2 Å². The van der Waals surface area contributed by atoms with Crippen molar-refractivity contribution in [3.8, 4) is 0 Å². The Hall–Kier alpha value is -3.30. The highest BCUT2D eigenvalue weighted by Gasteiger charge is 2.43. The van der Waals surface area contributed by atoms with Gasteiger partial charge in [-0.25, -0.2) is 0 Å². The van der Waals surface area contributed by atoms with Crippen molar-refractivity contribution in [3.63, 3.8) is 0 Å². The maximum absolute atomic E-state index is 14.0. The summed E-state index contributed by atoms with van der Waals surface area (Å²) in [7, 11) is 0. The Labute approximate surface area is 170 Å². The minimum absolute atomic E-state index is 0.0184. The van der Waals surface area contributed by atoms with Crippen molar-refractivity contribution in [1.82, 2.24) is 0 Å². The Kier molecular flexibility index (Phi) is 6.83. The van der Waals surface area contributed by atoms with Crippen LogP contribution in [0.2, 0.25) is 0 Å². The van der Waals surface area contributed by atoms with Crippen LogP contribution in [-0.2, 0) is 21.9 Å². The summed E-state index contributed by atoms with van der Waals surface area (Å²) in [6.45, 7) is 0. The Bertz CT molecular complexity index is 914. The van der Waals surface area contributed by atoms with Gasteiger partial charge in [-0.1, -0.05) is 36.4 Å². The first-order valence-electron chi connectivity index (χ1n) is 8.38. The monoisotopic (exact) mass is 448 g/mol. The van der Waals surface area contributed by atoms with Crippen LogP contribution in [0, 0.1) is 0 Å². The summed E-state index contributed by atoms with van der Waals surface area (Å²) in [5.74, 6) is -8.28. The SMILES string of the molecule is O=C(/C=C/c1ccc(C(F)(F)F)cc1)C(F)(F)C(=O)/C=C/c1ccc(C(F)(F)F)cc1. The number of ketones is 2. The van der Waals surface area contributed by atoms with E-state index in [4.69, 9.17) is 0 Å². The molecule has 2 rings (SSSR count). The van der Waals surface area contributed by atoms with Crippen molar-refractivity contribution in [2.45, 2.75) is 18.3 Å². The van der Waals surface area contributed by atoms with Crippen LogP contribution >= 0.6 is 0 Å². The second-order valence-corrected chi connectivity index (χ2v) is 6.21. The molecule has 0 atom stereocenters. The van der Waals surface area contributed by atoms with Gasteiger partial charge in [0.15, 0.2) is 0 Å². The van der Waals surface area contributed by atoms with Gasteiger partial charge in [-0.3, -0.25) is 9.59 Å². The molecule has 0 saturated heterocycles. The topological polar surface area (TPSA) is 34.1 Å². The van der Waals surface area contributed by atoms with Crippen LogP contribution in [0.3, 0.4) is 0 Å². The van der Waals surface area contributed by atoms with Crippen molar-refractivity contribution in [2.24, 2.45) is 0 Å². The van der Waals surface area contributed by atoms with Crippen LogP contribution in [0.1, 0.15) is 22.3 Å². The fourth-order valence-electron chi connectivity index (χ4n) is 2.24. The van der Waals surface area contributed by atoms with Gasteiger partial charge in [0.1, 0.15) is 0 Å². The number of alkyl halides is 8. The van der Waals surface area contributed by atoms with Gasteiger partial charge >= 0.3 is 18.3 Å². The highest BCUT2D eigenvalue weighted by Crippen LogP contribution is 2.30. The van der Waals surface area contributed by atoms with Crippen LogP contribution < -0.4 is 0 Å². The maximum Gasteiger partial charge on any atom is 0.416 e. The van der Waals surface area contributed by atoms with Crippen LogP contribution in [-0.4, -0.2) is 17.5 Å². The molecule has 0 unspecified atom stereocenters. The van der Waals surface area contributed by atoms with E-state index in [1.165, 1.54) is 0 Å². The molecule has 0 bridgehead atoms. The molecule has 0 radical (unpaired) electrons. The number of allylic oxidation sites excluding steroid dienone is 2. The molecule has 0 aliphatic carbocycles. The molecule has 31 heavy (non-hydrogen) atoms. The fraction of sp³-hybridized carbons (Fsp3) is 0.143. The third kappa shape index (κ3) is 6.34. The quantitative estimate of drug-likeness (QED) is 0.299. The summed E-state index contributed by atoms with van der Waals surface area (Å²) >= 11 is 0. The third-order valence-electron chi connectivity index (χ3n) is 3.95. The molecule has 0 spiro atoms. The van der Waals surface area contributed by atoms with Gasteiger partial charge in [-0.05, 0) is 47.5 Å². The molecule has 10 heteroatoms. The summed E-state index contributed by atoms with van der Waals surface area (Å²) in [6.07, 6.45) is -6.82. The lowest BCUT2D eigenvalue weighted by molar-refractivity contribution is -0.150. The lowest BCUT2D eigenvalue weighted by Crippen LogP contribution is -2.35. The molecule has 0 aromatic heterocycles. The second-order valence-electron chi connectivity index (χ2n) is 6.21. The normalized spacial score (nSPS) is 13.2. The molecule has 0 saturated carbocycles. The van der Waals surface area contributed by atoms with Crippen molar-refractivity contribution in [2.75, 3.05) is 0 Å². The molecule has 0 N–H and O–H groups in total. The van der Waals surface area contributed by atoms with Gasteiger partial charge in [0.25, 0.3) is 0 Å². The summed E-state index contributed by atoms with van der Waals surface area (Å²) < 4.78 is 103. The van der Waals surface area contributed by atoms with E-state index in [0.29, 0.717) is 36.4 Å². The number of benzene rings is 2. The zero-order valence-electron chi connectivity index (χ0n) is 15.3. The molecule has 0 heterocycles. The highest BCUT2D eigenvalue weighted by atomic mass is 19.4. The Morgan fingerprint density at radius 3 is 1.10 bits per heavy atom. The summed E-state index contributed by atoms with van der Waals surface area (Å²) in [5, 5.41) is 0. The molecule has 0 aliphatic rings. The van der Waals surface area contributed by atoms with E-state index in [9.17, 15) is 44.7 Å². The van der Waals surface area contributed by atoms with E-state index in [1.54, 1.807) is 0 Å². The first-order valence-corrected chi connectivity index (χ1v) is 8.38. The molecule has 164 valence electrons. The van der Waals surface area contributed by atoms with E-state index in [2.05, 4.69) is 0 Å². The Morgan fingerprint density at radius 2 is 0.839 bits per heavy atom. The number of carbonyl (C=O) groups is 2. The molecule has 2 aromatic carbocycles. The predicted molar refractivity (Wildman–Crippen MR) is 95.9 cm³/mol. The summed E-state index contributed by atoms with van der Waals surface area (Å²) in [6, 6.07) is 6.60. The largest absolute Gasteiger partial charge is 0.416 e. The van der Waals surface area contributed by atoms with Crippen LogP contribution in [0.15, 0.2) is 60.7 Å². The third-order valence-corrected chi connectivity index (χ3v) is 3.95. The van der Waals surface area contributed by atoms with E-state index < -0.39 is 41.0 Å². The number of hydrogen-bond donors (Lipinski definition) is 0. The molecule has 0 fully saturated rings. The summed E-state index contributed by atoms with van der Waals surface area (Å²) in [4.78, 5) is 23.4. The molecule has 0 aliphatic heterocycles. The number of rotatable bonds is 6. The smallest absolute Gasteiger partial charge is 0.287 e. The van der Waals surface area contributed by atoms with Gasteiger partial charge < -0.3 is 0 Å². The predicted octanol–water partition coefficient (Wildman–Crippen LogP) is 6.22. The molecule has 2 nitrogen and oxygen atoms in total. The average molecular weight is 448 g/mol. The van der Waals surface area contributed by atoms with E-state index in [0.717, 1.165) is 36.4 Å². The van der Waals surface area contributed by atoms with E-state index in [1.807, 2.05) is 0 Å². The van der Waals surface area contributed by atoms with Crippen LogP contribution in [0.4, 0.5) is 35.1 Å². The first-order chi connectivity index (χ1) is 14.2. The Morgan fingerprint density at radius 1 is 0.548 bits per heavy atom. The van der Waals surface area contributed by atoms with Crippen molar-refractivity contribution >= 4 is 23.7 Å². The number of carbonyl (C=O) groups excluding carboxylic acids is 2. The molecular weight excluding hydrogens is 436 g/mol. The van der Waals surface area contributed by atoms with Gasteiger partial charge in [0, 0.05) is 0 Å². The number of hydrogen-bond acceptors (Lipinski definition) is 2. The Balaban J connectivity index is 2.07. The molecule has 0 amide bonds. The summed E-state index contributed by atoms with van der Waals surface area (Å²) in [5.41, 5.74) is -1.90. The number of halogens is 8. The highest BCUT2D eigenvalue weighted by molar-refractivity contribution is 6.18. The molecule has 2 aromatic rings. The first kappa shape index (κ1) is 24.0. The lowest BCUT2D eigenvalue weighted by atomic mass is 10.1. The zero-order valence-corrected chi connectivity index (χ0v) is 15.3. The van der Waals surface area contributed by atoms with E-state index in [-0.39, 0.29) is 11.1 Å². The van der Waals surface area contributed by atoms with Crippen molar-refractivity contribution in [1.29, 1.82) is 0 Å². The van der Waals surface area contributed by atoms with E-state index >= 15 is 0 Å². The lowest BCUT2D eigenvalue weighted by Gasteiger charge is -2.09. The minimum Gasteiger partial charge on any atom is -0.287 e.